The summed E-state index contributed by atoms with van der Waals surface area (Å²) in [5.74, 6) is -0.553. The third-order valence-corrected chi connectivity index (χ3v) is 6.00. The number of rotatable bonds is 3. The van der Waals surface area contributed by atoms with Crippen molar-refractivity contribution in [3.05, 3.63) is 42.0 Å². The third-order valence-electron chi connectivity index (χ3n) is 5.02. The topological polar surface area (TPSA) is 69.2 Å². The van der Waals surface area contributed by atoms with Crippen LogP contribution < -0.4 is 5.12 Å². The van der Waals surface area contributed by atoms with Crippen LogP contribution in [0.2, 0.25) is 0 Å². The number of nitrogens with one attached hydrogen (secondary N) is 1. The first-order valence-electron chi connectivity index (χ1n) is 8.73. The predicted molar refractivity (Wildman–Crippen MR) is 105 cm³/mol. The summed E-state index contributed by atoms with van der Waals surface area (Å²) in [6.45, 7) is 1.99. The van der Waals surface area contributed by atoms with Gasteiger partial charge in [0.15, 0.2) is 5.88 Å². The van der Waals surface area contributed by atoms with E-state index < -0.39 is 5.91 Å². The van der Waals surface area contributed by atoms with Crippen LogP contribution in [0.4, 0.5) is 9.61 Å². The molecule has 2 heterocycles. The van der Waals surface area contributed by atoms with Gasteiger partial charge in [-0.05, 0) is 48.6 Å². The Labute approximate surface area is 158 Å². The van der Waals surface area contributed by atoms with Crippen molar-refractivity contribution in [1.29, 1.82) is 0 Å². The molecule has 2 aromatic carbocycles. The van der Waals surface area contributed by atoms with E-state index in [4.69, 9.17) is 0 Å². The second kappa shape index (κ2) is 5.79. The summed E-state index contributed by atoms with van der Waals surface area (Å²) in [7, 11) is 0. The van der Waals surface area contributed by atoms with E-state index in [1.807, 2.05) is 37.3 Å². The minimum Gasteiger partial charge on any atom is -0.495 e. The SMILES string of the molecule is Cc1c(-c2ccc3nc(N(F)C(=O)C4CC4)sc3c2)ccc2cc(O)[nH]c12. The van der Waals surface area contributed by atoms with E-state index in [0.717, 1.165) is 45.1 Å². The van der Waals surface area contributed by atoms with E-state index >= 15 is 0 Å². The van der Waals surface area contributed by atoms with E-state index in [0.29, 0.717) is 5.52 Å². The molecule has 4 aromatic rings. The van der Waals surface area contributed by atoms with Crippen LogP contribution >= 0.6 is 11.3 Å². The summed E-state index contributed by atoms with van der Waals surface area (Å²) in [6, 6.07) is 11.4. The first-order valence-corrected chi connectivity index (χ1v) is 9.55. The van der Waals surface area contributed by atoms with Gasteiger partial charge in [-0.2, -0.15) is 0 Å². The molecule has 5 rings (SSSR count). The number of aromatic amines is 1. The number of H-pyrrole nitrogens is 1. The van der Waals surface area contributed by atoms with E-state index in [1.54, 1.807) is 6.07 Å². The van der Waals surface area contributed by atoms with Crippen LogP contribution in [0.25, 0.3) is 32.2 Å². The molecule has 0 atom stereocenters. The molecule has 1 aliphatic rings. The van der Waals surface area contributed by atoms with Crippen molar-refractivity contribution in [1.82, 2.24) is 9.97 Å². The minimum atomic E-state index is -0.498. The lowest BCUT2D eigenvalue weighted by atomic mass is 9.98. The molecular formula is C20H16FN3O2S. The van der Waals surface area contributed by atoms with Gasteiger partial charge in [-0.1, -0.05) is 34.0 Å². The molecule has 2 N–H and O–H groups in total. The Morgan fingerprint density at radius 2 is 2.11 bits per heavy atom. The molecule has 0 bridgehead atoms. The quantitative estimate of drug-likeness (QED) is 0.486. The van der Waals surface area contributed by atoms with Crippen molar-refractivity contribution in [2.24, 2.45) is 5.92 Å². The summed E-state index contributed by atoms with van der Waals surface area (Å²) < 4.78 is 15.1. The van der Waals surface area contributed by atoms with Gasteiger partial charge in [0, 0.05) is 17.4 Å². The van der Waals surface area contributed by atoms with Crippen LogP contribution in [-0.4, -0.2) is 21.0 Å². The number of halogens is 1. The number of nitrogens with zero attached hydrogens (tertiary/aromatic N) is 2. The molecule has 0 spiro atoms. The maximum absolute atomic E-state index is 14.3. The third kappa shape index (κ3) is 2.66. The van der Waals surface area contributed by atoms with Crippen LogP contribution in [0.5, 0.6) is 5.88 Å². The van der Waals surface area contributed by atoms with Gasteiger partial charge in [-0.25, -0.2) is 4.98 Å². The Morgan fingerprint density at radius 3 is 2.89 bits per heavy atom. The standard InChI is InChI=1S/C20H16FN3O2S/c1-10-14(6-4-13-9-17(25)23-18(10)13)12-5-7-15-16(8-12)27-20(22-15)24(21)19(26)11-2-3-11/h4-9,11,23,25H,2-3H2,1H3. The minimum absolute atomic E-state index is 0.0838. The lowest BCUT2D eigenvalue weighted by Gasteiger charge is -2.07. The molecule has 136 valence electrons. The van der Waals surface area contributed by atoms with Crippen LogP contribution in [0.1, 0.15) is 18.4 Å². The molecule has 0 aliphatic heterocycles. The molecule has 1 saturated carbocycles. The second-order valence-electron chi connectivity index (χ2n) is 6.93. The first kappa shape index (κ1) is 16.3. The molecule has 7 heteroatoms. The Hall–Kier alpha value is -2.93. The molecule has 1 amide bonds. The number of benzene rings is 2. The fraction of sp³-hybridized carbons (Fsp3) is 0.200. The highest BCUT2D eigenvalue weighted by atomic mass is 32.1. The number of carbonyl (C=O) groups is 1. The number of carbonyl (C=O) groups excluding carboxylic acids is 1. The molecule has 1 aliphatic carbocycles. The zero-order valence-corrected chi connectivity index (χ0v) is 15.3. The maximum atomic E-state index is 14.3. The number of anilines is 1. The fourth-order valence-corrected chi connectivity index (χ4v) is 4.31. The van der Waals surface area contributed by atoms with Crippen molar-refractivity contribution in [3.8, 4) is 17.0 Å². The van der Waals surface area contributed by atoms with Crippen LogP contribution in [0.3, 0.4) is 0 Å². The number of aryl methyl sites for hydroxylation is 1. The van der Waals surface area contributed by atoms with Gasteiger partial charge in [-0.3, -0.25) is 4.79 Å². The van der Waals surface area contributed by atoms with E-state index in [1.165, 1.54) is 11.3 Å². The molecule has 0 radical (unpaired) electrons. The number of hydrogen-bond acceptors (Lipinski definition) is 4. The predicted octanol–water partition coefficient (Wildman–Crippen LogP) is 5.09. The monoisotopic (exact) mass is 381 g/mol. The molecular weight excluding hydrogens is 365 g/mol. The lowest BCUT2D eigenvalue weighted by molar-refractivity contribution is -0.122. The van der Waals surface area contributed by atoms with Crippen molar-refractivity contribution in [3.63, 3.8) is 0 Å². The summed E-state index contributed by atoms with van der Waals surface area (Å²) in [4.78, 5) is 19.2. The average Bonchev–Trinajstić information content (AvgIpc) is 3.30. The Bertz CT molecular complexity index is 1210. The normalized spacial score (nSPS) is 14.1. The summed E-state index contributed by atoms with van der Waals surface area (Å²) in [5.41, 5.74) is 4.58. The maximum Gasteiger partial charge on any atom is 0.260 e. The van der Waals surface area contributed by atoms with E-state index in [2.05, 4.69) is 9.97 Å². The van der Waals surface area contributed by atoms with Gasteiger partial charge in [-0.15, -0.1) is 5.12 Å². The number of hydrogen-bond donors (Lipinski definition) is 2. The van der Waals surface area contributed by atoms with Gasteiger partial charge in [0.05, 0.1) is 15.7 Å². The highest BCUT2D eigenvalue weighted by Gasteiger charge is 2.35. The smallest absolute Gasteiger partial charge is 0.260 e. The molecule has 27 heavy (non-hydrogen) atoms. The van der Waals surface area contributed by atoms with Gasteiger partial charge in [0.2, 0.25) is 5.13 Å². The number of aromatic hydroxyl groups is 1. The van der Waals surface area contributed by atoms with Gasteiger partial charge in [0.25, 0.3) is 5.91 Å². The van der Waals surface area contributed by atoms with Gasteiger partial charge in [0.1, 0.15) is 0 Å². The molecule has 0 unspecified atom stereocenters. The van der Waals surface area contributed by atoms with Crippen LogP contribution in [0, 0.1) is 12.8 Å². The summed E-state index contributed by atoms with van der Waals surface area (Å²) in [6.07, 6.45) is 1.51. The molecule has 5 nitrogen and oxygen atoms in total. The largest absolute Gasteiger partial charge is 0.495 e. The van der Waals surface area contributed by atoms with Crippen molar-refractivity contribution in [2.45, 2.75) is 19.8 Å². The summed E-state index contributed by atoms with van der Waals surface area (Å²) >= 11 is 1.17. The molecule has 0 saturated heterocycles. The first-order chi connectivity index (χ1) is 13.0. The fourth-order valence-electron chi connectivity index (χ4n) is 3.39. The Morgan fingerprint density at radius 1 is 1.30 bits per heavy atom. The van der Waals surface area contributed by atoms with E-state index in [-0.39, 0.29) is 22.1 Å². The Kier molecular flexibility index (Phi) is 3.48. The zero-order valence-electron chi connectivity index (χ0n) is 14.5. The molecule has 1 fully saturated rings. The van der Waals surface area contributed by atoms with Gasteiger partial charge >= 0.3 is 0 Å². The summed E-state index contributed by atoms with van der Waals surface area (Å²) in [5, 5.41) is 10.9. The highest BCUT2D eigenvalue weighted by molar-refractivity contribution is 7.22. The number of thiazole rings is 1. The van der Waals surface area contributed by atoms with Gasteiger partial charge < -0.3 is 10.1 Å². The lowest BCUT2D eigenvalue weighted by Crippen LogP contribution is -2.23. The second-order valence-corrected chi connectivity index (χ2v) is 7.94. The number of amides is 1. The van der Waals surface area contributed by atoms with Crippen LogP contribution in [0.15, 0.2) is 36.4 Å². The van der Waals surface area contributed by atoms with Crippen molar-refractivity contribution in [2.75, 3.05) is 5.12 Å². The van der Waals surface area contributed by atoms with Crippen LogP contribution in [-0.2, 0) is 4.79 Å². The number of fused-ring (bicyclic) bond motifs is 2. The number of aromatic nitrogens is 2. The van der Waals surface area contributed by atoms with Crippen molar-refractivity contribution < 1.29 is 14.4 Å². The van der Waals surface area contributed by atoms with E-state index in [9.17, 15) is 14.4 Å². The zero-order chi connectivity index (χ0) is 18.7. The van der Waals surface area contributed by atoms with Crippen molar-refractivity contribution >= 4 is 43.5 Å². The Balaban J connectivity index is 1.56. The highest BCUT2D eigenvalue weighted by Crippen LogP contribution is 2.38. The molecule has 2 aromatic heterocycles. The average molecular weight is 381 g/mol.